The van der Waals surface area contributed by atoms with Crippen molar-refractivity contribution in [1.82, 2.24) is 9.80 Å². The van der Waals surface area contributed by atoms with Gasteiger partial charge in [-0.05, 0) is 46.4 Å². The lowest BCUT2D eigenvalue weighted by Crippen LogP contribution is -2.45. The molecule has 0 aromatic heterocycles. The van der Waals surface area contributed by atoms with Gasteiger partial charge in [-0.15, -0.1) is 0 Å². The molecule has 4 nitrogen and oxygen atoms in total. The van der Waals surface area contributed by atoms with Crippen LogP contribution < -0.4 is 0 Å². The molecule has 0 radical (unpaired) electrons. The standard InChI is InChI=1S/C11H22N2O2/c1-12(2)7-5-9-13-8-4-3-6-10(13)11(14)15/h10H,3-9H2,1-2H3,(H,14,15). The number of hydrogen-bond donors (Lipinski definition) is 1. The van der Waals surface area contributed by atoms with Crippen LogP contribution in [0.5, 0.6) is 0 Å². The van der Waals surface area contributed by atoms with Crippen molar-refractivity contribution in [1.29, 1.82) is 0 Å². The van der Waals surface area contributed by atoms with Crippen molar-refractivity contribution in [3.8, 4) is 0 Å². The fourth-order valence-electron chi connectivity index (χ4n) is 2.13. The van der Waals surface area contributed by atoms with Crippen LogP contribution in [0.15, 0.2) is 0 Å². The number of aliphatic carboxylic acids is 1. The molecule has 1 fully saturated rings. The molecule has 88 valence electrons. The van der Waals surface area contributed by atoms with Gasteiger partial charge >= 0.3 is 5.97 Å². The second-order valence-electron chi connectivity index (χ2n) is 4.54. The Morgan fingerprint density at radius 3 is 2.80 bits per heavy atom. The third-order valence-corrected chi connectivity index (χ3v) is 2.95. The van der Waals surface area contributed by atoms with Crippen molar-refractivity contribution >= 4 is 5.97 Å². The second-order valence-corrected chi connectivity index (χ2v) is 4.54. The first-order valence-electron chi connectivity index (χ1n) is 5.73. The Hall–Kier alpha value is -0.610. The predicted molar refractivity (Wildman–Crippen MR) is 60.0 cm³/mol. The van der Waals surface area contributed by atoms with Gasteiger partial charge in [0.15, 0.2) is 0 Å². The molecule has 1 unspecified atom stereocenters. The molecule has 0 spiro atoms. The predicted octanol–water partition coefficient (Wildman–Crippen LogP) is 0.877. The molecule has 0 aromatic rings. The lowest BCUT2D eigenvalue weighted by Gasteiger charge is -2.33. The van der Waals surface area contributed by atoms with Gasteiger partial charge in [0.05, 0.1) is 0 Å². The van der Waals surface area contributed by atoms with Gasteiger partial charge in [0.2, 0.25) is 0 Å². The van der Waals surface area contributed by atoms with Crippen LogP contribution >= 0.6 is 0 Å². The summed E-state index contributed by atoms with van der Waals surface area (Å²) in [6, 6.07) is -0.235. The number of nitrogens with zero attached hydrogens (tertiary/aromatic N) is 2. The van der Waals surface area contributed by atoms with E-state index in [1.54, 1.807) is 0 Å². The number of likely N-dealkylation sites (tertiary alicyclic amines) is 1. The van der Waals surface area contributed by atoms with Crippen LogP contribution in [-0.2, 0) is 4.79 Å². The summed E-state index contributed by atoms with van der Waals surface area (Å²) in [7, 11) is 4.09. The molecule has 0 aliphatic carbocycles. The van der Waals surface area contributed by atoms with E-state index in [1.165, 1.54) is 0 Å². The maximum absolute atomic E-state index is 11.0. The fraction of sp³-hybridized carbons (Fsp3) is 0.909. The largest absolute Gasteiger partial charge is 0.480 e. The van der Waals surface area contributed by atoms with Gasteiger partial charge in [0.1, 0.15) is 6.04 Å². The van der Waals surface area contributed by atoms with Gasteiger partial charge in [-0.3, -0.25) is 9.69 Å². The lowest BCUT2D eigenvalue weighted by atomic mass is 10.0. The Balaban J connectivity index is 2.33. The van der Waals surface area contributed by atoms with Gasteiger partial charge in [-0.1, -0.05) is 6.42 Å². The third kappa shape index (κ3) is 4.18. The average Bonchev–Trinajstić information content (AvgIpc) is 2.17. The summed E-state index contributed by atoms with van der Waals surface area (Å²) in [5.41, 5.74) is 0. The minimum atomic E-state index is -0.653. The zero-order valence-corrected chi connectivity index (χ0v) is 9.78. The molecule has 1 rings (SSSR count). The van der Waals surface area contributed by atoms with E-state index >= 15 is 0 Å². The van der Waals surface area contributed by atoms with Crippen LogP contribution in [-0.4, -0.2) is 60.6 Å². The molecule has 1 heterocycles. The van der Waals surface area contributed by atoms with E-state index < -0.39 is 5.97 Å². The number of hydrogen-bond acceptors (Lipinski definition) is 3. The van der Waals surface area contributed by atoms with Crippen molar-refractivity contribution in [2.45, 2.75) is 31.7 Å². The van der Waals surface area contributed by atoms with E-state index in [2.05, 4.69) is 9.80 Å². The molecular formula is C11H22N2O2. The van der Waals surface area contributed by atoms with Crippen LogP contribution in [0.4, 0.5) is 0 Å². The summed E-state index contributed by atoms with van der Waals surface area (Å²) >= 11 is 0. The Kier molecular flexibility index (Phi) is 5.05. The van der Waals surface area contributed by atoms with Crippen molar-refractivity contribution in [3.63, 3.8) is 0 Å². The van der Waals surface area contributed by atoms with Crippen molar-refractivity contribution in [2.75, 3.05) is 33.7 Å². The van der Waals surface area contributed by atoms with Crippen molar-refractivity contribution in [3.05, 3.63) is 0 Å². The molecule has 1 N–H and O–H groups in total. The number of carboxylic acids is 1. The Morgan fingerprint density at radius 2 is 2.20 bits per heavy atom. The molecular weight excluding hydrogens is 192 g/mol. The molecule has 15 heavy (non-hydrogen) atoms. The number of carboxylic acid groups (broad SMARTS) is 1. The van der Waals surface area contributed by atoms with Crippen LogP contribution in [0.1, 0.15) is 25.7 Å². The summed E-state index contributed by atoms with van der Waals surface area (Å²) < 4.78 is 0. The topological polar surface area (TPSA) is 43.8 Å². The normalized spacial score (nSPS) is 23.3. The van der Waals surface area contributed by atoms with Crippen LogP contribution in [0, 0.1) is 0 Å². The first-order chi connectivity index (χ1) is 7.11. The summed E-state index contributed by atoms with van der Waals surface area (Å²) in [6.07, 6.45) is 4.07. The molecule has 1 aliphatic rings. The van der Waals surface area contributed by atoms with Crippen molar-refractivity contribution in [2.24, 2.45) is 0 Å². The van der Waals surface area contributed by atoms with Gasteiger partial charge in [0, 0.05) is 6.54 Å². The second kappa shape index (κ2) is 6.08. The van der Waals surface area contributed by atoms with Gasteiger partial charge in [-0.2, -0.15) is 0 Å². The quantitative estimate of drug-likeness (QED) is 0.738. The fourth-order valence-corrected chi connectivity index (χ4v) is 2.13. The zero-order chi connectivity index (χ0) is 11.3. The van der Waals surface area contributed by atoms with E-state index in [1.807, 2.05) is 14.1 Å². The highest BCUT2D eigenvalue weighted by molar-refractivity contribution is 5.73. The van der Waals surface area contributed by atoms with E-state index in [9.17, 15) is 4.79 Å². The monoisotopic (exact) mass is 214 g/mol. The first-order valence-corrected chi connectivity index (χ1v) is 5.73. The highest BCUT2D eigenvalue weighted by atomic mass is 16.4. The molecule has 0 bridgehead atoms. The number of piperidine rings is 1. The molecule has 0 saturated carbocycles. The molecule has 1 saturated heterocycles. The van der Waals surface area contributed by atoms with E-state index in [0.717, 1.165) is 45.3 Å². The highest BCUT2D eigenvalue weighted by Gasteiger charge is 2.27. The Morgan fingerprint density at radius 1 is 1.47 bits per heavy atom. The first kappa shape index (κ1) is 12.5. The van der Waals surface area contributed by atoms with E-state index in [4.69, 9.17) is 5.11 Å². The summed E-state index contributed by atoms with van der Waals surface area (Å²) in [6.45, 7) is 2.89. The maximum Gasteiger partial charge on any atom is 0.320 e. The highest BCUT2D eigenvalue weighted by Crippen LogP contribution is 2.17. The third-order valence-electron chi connectivity index (χ3n) is 2.95. The minimum Gasteiger partial charge on any atom is -0.480 e. The summed E-state index contributed by atoms with van der Waals surface area (Å²) in [5, 5.41) is 9.07. The Bertz CT molecular complexity index is 207. The van der Waals surface area contributed by atoms with Gasteiger partial charge in [-0.25, -0.2) is 0 Å². The van der Waals surface area contributed by atoms with E-state index in [-0.39, 0.29) is 6.04 Å². The smallest absolute Gasteiger partial charge is 0.320 e. The van der Waals surface area contributed by atoms with Crippen molar-refractivity contribution < 1.29 is 9.90 Å². The van der Waals surface area contributed by atoms with Crippen LogP contribution in [0.25, 0.3) is 0 Å². The van der Waals surface area contributed by atoms with Gasteiger partial charge in [0.25, 0.3) is 0 Å². The van der Waals surface area contributed by atoms with Crippen LogP contribution in [0.3, 0.4) is 0 Å². The zero-order valence-electron chi connectivity index (χ0n) is 9.78. The molecule has 0 amide bonds. The lowest BCUT2D eigenvalue weighted by molar-refractivity contribution is -0.144. The van der Waals surface area contributed by atoms with E-state index in [0.29, 0.717) is 0 Å². The molecule has 1 atom stereocenters. The summed E-state index contributed by atoms with van der Waals surface area (Å²) in [5.74, 6) is -0.653. The molecule has 1 aliphatic heterocycles. The average molecular weight is 214 g/mol. The van der Waals surface area contributed by atoms with Crippen LogP contribution in [0.2, 0.25) is 0 Å². The summed E-state index contributed by atoms with van der Waals surface area (Å²) in [4.78, 5) is 15.3. The SMILES string of the molecule is CN(C)CCCN1CCCCC1C(=O)O. The Labute approximate surface area is 91.9 Å². The maximum atomic E-state index is 11.0. The van der Waals surface area contributed by atoms with Gasteiger partial charge < -0.3 is 10.0 Å². The number of carbonyl (C=O) groups is 1. The minimum absolute atomic E-state index is 0.235. The molecule has 4 heteroatoms. The number of rotatable bonds is 5. The molecule has 0 aromatic carbocycles.